The van der Waals surface area contributed by atoms with Gasteiger partial charge in [0, 0.05) is 47.8 Å². The van der Waals surface area contributed by atoms with Gasteiger partial charge < -0.3 is 4.90 Å². The minimum Gasteiger partial charge on any atom is -0.309 e. The van der Waals surface area contributed by atoms with Crippen LogP contribution in [0, 0.1) is 0 Å². The number of nitrogens with zero attached hydrogens (tertiary/aromatic N) is 1. The van der Waals surface area contributed by atoms with E-state index in [2.05, 4.69) is 246 Å². The molecule has 0 aliphatic heterocycles. The van der Waals surface area contributed by atoms with Gasteiger partial charge in [0.1, 0.15) is 0 Å². The summed E-state index contributed by atoms with van der Waals surface area (Å²) < 4.78 is 2.61. The number of anilines is 3. The minimum atomic E-state index is -0.120. The molecule has 2 heteroatoms. The third kappa shape index (κ3) is 6.19. The molecule has 65 heavy (non-hydrogen) atoms. The molecule has 0 spiro atoms. The van der Waals surface area contributed by atoms with Crippen molar-refractivity contribution >= 4 is 70.1 Å². The summed E-state index contributed by atoms with van der Waals surface area (Å²) in [7, 11) is 0. The molecule has 1 aliphatic rings. The van der Waals surface area contributed by atoms with Crippen LogP contribution in [0.1, 0.15) is 51.3 Å². The molecule has 1 heterocycles. The maximum Gasteiger partial charge on any atom is 0.0618 e. The molecule has 0 saturated carbocycles. The zero-order valence-electron chi connectivity index (χ0n) is 37.5. The second-order valence-corrected chi connectivity index (χ2v) is 20.3. The van der Waals surface area contributed by atoms with E-state index < -0.39 is 0 Å². The van der Waals surface area contributed by atoms with E-state index in [0.717, 1.165) is 11.4 Å². The third-order valence-corrected chi connectivity index (χ3v) is 15.1. The molecule has 12 rings (SSSR count). The van der Waals surface area contributed by atoms with Gasteiger partial charge in [-0.1, -0.05) is 204 Å². The first kappa shape index (κ1) is 39.3. The first-order valence-electron chi connectivity index (χ1n) is 22.8. The largest absolute Gasteiger partial charge is 0.309 e. The van der Waals surface area contributed by atoms with E-state index in [1.54, 1.807) is 0 Å². The van der Waals surface area contributed by atoms with Gasteiger partial charge >= 0.3 is 0 Å². The predicted molar refractivity (Wildman–Crippen MR) is 282 cm³/mol. The van der Waals surface area contributed by atoms with Gasteiger partial charge in [0.25, 0.3) is 0 Å². The van der Waals surface area contributed by atoms with Crippen LogP contribution in [0.15, 0.2) is 206 Å². The van der Waals surface area contributed by atoms with Gasteiger partial charge in [0.15, 0.2) is 0 Å². The van der Waals surface area contributed by atoms with Gasteiger partial charge in [0.2, 0.25) is 0 Å². The standard InChI is InChI=1S/C63H49NS/c1-62(2,3)55-39-51(40-20-7-6-8-21-40)61(49-28-14-12-25-45(49)55)64(42-35-36-54-52(38-42)46-26-15-17-31-53(46)63(54,4)5)56-37-34-41-22-9-10-23-43(41)59(56)47-27-13-11-24-44(47)48-30-19-33-58-60(48)50-29-16-18-32-57(50)65-58/h6-39H,1-5H3. The van der Waals surface area contributed by atoms with Crippen molar-refractivity contribution in [1.29, 1.82) is 0 Å². The van der Waals surface area contributed by atoms with E-state index in [9.17, 15) is 0 Å². The fourth-order valence-electron chi connectivity index (χ4n) is 11.0. The van der Waals surface area contributed by atoms with Crippen molar-refractivity contribution in [1.82, 2.24) is 0 Å². The molecule has 1 aliphatic carbocycles. The molecule has 0 N–H and O–H groups in total. The van der Waals surface area contributed by atoms with E-state index in [1.165, 1.54) is 109 Å². The zero-order chi connectivity index (χ0) is 44.0. The fraction of sp³-hybridized carbons (Fsp3) is 0.111. The monoisotopic (exact) mass is 851 g/mol. The van der Waals surface area contributed by atoms with Crippen molar-refractivity contribution < 1.29 is 0 Å². The molecule has 0 fully saturated rings. The Kier molecular flexibility index (Phi) is 9.02. The molecule has 0 unspecified atom stereocenters. The molecule has 1 nitrogen and oxygen atoms in total. The van der Waals surface area contributed by atoms with E-state index in [1.807, 2.05) is 11.3 Å². The molecule has 0 amide bonds. The van der Waals surface area contributed by atoms with Gasteiger partial charge in [-0.15, -0.1) is 11.3 Å². The summed E-state index contributed by atoms with van der Waals surface area (Å²) >= 11 is 1.88. The number of hydrogen-bond acceptors (Lipinski definition) is 2. The molecule has 10 aromatic carbocycles. The van der Waals surface area contributed by atoms with Gasteiger partial charge in [-0.2, -0.15) is 0 Å². The van der Waals surface area contributed by atoms with Crippen LogP contribution in [-0.2, 0) is 10.8 Å². The van der Waals surface area contributed by atoms with E-state index in [-0.39, 0.29) is 10.8 Å². The highest BCUT2D eigenvalue weighted by Gasteiger charge is 2.36. The second-order valence-electron chi connectivity index (χ2n) is 19.2. The lowest BCUT2D eigenvalue weighted by Gasteiger charge is -2.34. The molecular weight excluding hydrogens is 803 g/mol. The van der Waals surface area contributed by atoms with Crippen LogP contribution in [-0.4, -0.2) is 0 Å². The van der Waals surface area contributed by atoms with Gasteiger partial charge in [-0.25, -0.2) is 0 Å². The summed E-state index contributed by atoms with van der Waals surface area (Å²) in [6, 6.07) is 77.4. The van der Waals surface area contributed by atoms with Crippen LogP contribution in [0.2, 0.25) is 0 Å². The highest BCUT2D eigenvalue weighted by atomic mass is 32.1. The van der Waals surface area contributed by atoms with Crippen molar-refractivity contribution in [2.24, 2.45) is 0 Å². The van der Waals surface area contributed by atoms with Crippen LogP contribution >= 0.6 is 11.3 Å². The van der Waals surface area contributed by atoms with Gasteiger partial charge in [-0.05, 0) is 108 Å². The molecule has 0 atom stereocenters. The average molecular weight is 852 g/mol. The van der Waals surface area contributed by atoms with Crippen LogP contribution in [0.4, 0.5) is 17.1 Å². The lowest BCUT2D eigenvalue weighted by molar-refractivity contribution is 0.596. The summed E-state index contributed by atoms with van der Waals surface area (Å²) in [4.78, 5) is 2.62. The highest BCUT2D eigenvalue weighted by molar-refractivity contribution is 7.25. The average Bonchev–Trinajstić information content (AvgIpc) is 3.83. The second kappa shape index (κ2) is 14.9. The third-order valence-electron chi connectivity index (χ3n) is 14.0. The first-order chi connectivity index (χ1) is 31.7. The smallest absolute Gasteiger partial charge is 0.0618 e. The summed E-state index contributed by atoms with van der Waals surface area (Å²) in [6.45, 7) is 11.8. The Morgan fingerprint density at radius 2 is 1.05 bits per heavy atom. The zero-order valence-corrected chi connectivity index (χ0v) is 38.3. The molecule has 0 radical (unpaired) electrons. The van der Waals surface area contributed by atoms with Gasteiger partial charge in [-0.3, -0.25) is 0 Å². The van der Waals surface area contributed by atoms with Crippen LogP contribution in [0.5, 0.6) is 0 Å². The minimum absolute atomic E-state index is 0.102. The maximum atomic E-state index is 2.62. The number of thiophene rings is 1. The predicted octanol–water partition coefficient (Wildman–Crippen LogP) is 18.4. The number of hydrogen-bond donors (Lipinski definition) is 0. The lowest BCUT2D eigenvalue weighted by atomic mass is 9.80. The Balaban J connectivity index is 1.24. The normalized spacial score (nSPS) is 13.1. The van der Waals surface area contributed by atoms with Crippen molar-refractivity contribution in [3.8, 4) is 44.5 Å². The van der Waals surface area contributed by atoms with Crippen molar-refractivity contribution in [3.05, 3.63) is 223 Å². The Bertz CT molecular complexity index is 3680. The van der Waals surface area contributed by atoms with E-state index in [4.69, 9.17) is 0 Å². The summed E-state index contributed by atoms with van der Waals surface area (Å²) in [5.41, 5.74) is 17.2. The topological polar surface area (TPSA) is 3.24 Å². The van der Waals surface area contributed by atoms with Gasteiger partial charge in [0.05, 0.1) is 11.4 Å². The number of fused-ring (bicyclic) bond motifs is 8. The van der Waals surface area contributed by atoms with Crippen LogP contribution in [0.25, 0.3) is 86.2 Å². The summed E-state index contributed by atoms with van der Waals surface area (Å²) in [5.74, 6) is 0. The van der Waals surface area contributed by atoms with Crippen molar-refractivity contribution in [2.75, 3.05) is 4.90 Å². The van der Waals surface area contributed by atoms with E-state index in [0.29, 0.717) is 0 Å². The quantitative estimate of drug-likeness (QED) is 0.161. The Morgan fingerprint density at radius 1 is 0.431 bits per heavy atom. The maximum absolute atomic E-state index is 2.62. The van der Waals surface area contributed by atoms with Crippen molar-refractivity contribution in [3.63, 3.8) is 0 Å². The molecule has 11 aromatic rings. The summed E-state index contributed by atoms with van der Waals surface area (Å²) in [6.07, 6.45) is 0. The number of rotatable bonds is 6. The Hall–Kier alpha value is -7.26. The first-order valence-corrected chi connectivity index (χ1v) is 23.7. The molecule has 0 bridgehead atoms. The molecule has 1 aromatic heterocycles. The highest BCUT2D eigenvalue weighted by Crippen LogP contribution is 2.56. The molecule has 312 valence electrons. The van der Waals surface area contributed by atoms with Crippen LogP contribution < -0.4 is 4.90 Å². The number of benzene rings is 10. The molecular formula is C63H49NS. The fourth-order valence-corrected chi connectivity index (χ4v) is 12.1. The Labute approximate surface area is 385 Å². The summed E-state index contributed by atoms with van der Waals surface area (Å²) in [5, 5.41) is 7.54. The Morgan fingerprint density at radius 3 is 1.85 bits per heavy atom. The van der Waals surface area contributed by atoms with Crippen LogP contribution in [0.3, 0.4) is 0 Å². The SMILES string of the molecule is CC(C)(C)c1cc(-c2ccccc2)c(N(c2ccc3c(c2)-c2ccccc2C3(C)C)c2ccc3ccccc3c2-c2ccccc2-c2cccc3sc4ccccc4c23)c2ccccc12. The lowest BCUT2D eigenvalue weighted by Crippen LogP contribution is -2.17. The van der Waals surface area contributed by atoms with E-state index >= 15 is 0 Å². The molecule has 0 saturated heterocycles. The van der Waals surface area contributed by atoms with Crippen molar-refractivity contribution in [2.45, 2.75) is 45.4 Å².